The van der Waals surface area contributed by atoms with Gasteiger partial charge < -0.3 is 11.1 Å². The summed E-state index contributed by atoms with van der Waals surface area (Å²) in [5.41, 5.74) is 4.31. The number of hydrogen-bond donors (Lipinski definition) is 2. The first-order valence-corrected chi connectivity index (χ1v) is 3.12. The van der Waals surface area contributed by atoms with E-state index in [9.17, 15) is 9.59 Å². The molecule has 0 saturated heterocycles. The van der Waals surface area contributed by atoms with E-state index in [4.69, 9.17) is 5.73 Å². The Morgan fingerprint density at radius 2 is 2.09 bits per heavy atom. The average Bonchev–Trinajstić information content (AvgIpc) is 2.04. The van der Waals surface area contributed by atoms with Crippen LogP contribution in [0.4, 0.5) is 11.4 Å². The lowest BCUT2D eigenvalue weighted by molar-refractivity contribution is 1.28. The molecule has 0 fully saturated rings. The van der Waals surface area contributed by atoms with E-state index in [-0.39, 0.29) is 11.4 Å². The first-order chi connectivity index (χ1) is 5.18. The summed E-state index contributed by atoms with van der Waals surface area (Å²) in [5.74, 6) is 0. The van der Waals surface area contributed by atoms with Gasteiger partial charge in [0.15, 0.2) is 0 Å². The Kier molecular flexibility index (Phi) is 1.76. The molecule has 0 aromatic heterocycles. The van der Waals surface area contributed by atoms with Crippen LogP contribution >= 0.6 is 0 Å². The maximum Gasteiger partial charge on any atom is 0.253 e. The average molecular weight is 152 g/mol. The van der Waals surface area contributed by atoms with Crippen LogP contribution in [-0.2, 0) is 0 Å². The fourth-order valence-corrected chi connectivity index (χ4v) is 0.759. The van der Waals surface area contributed by atoms with Crippen molar-refractivity contribution in [3.63, 3.8) is 0 Å². The highest BCUT2D eigenvalue weighted by Gasteiger charge is 2.16. The lowest BCUT2D eigenvalue weighted by atomic mass is 10.2. The molecule has 1 rings (SSSR count). The Hall–Kier alpha value is -1.58. The van der Waals surface area contributed by atoms with Crippen LogP contribution in [0.15, 0.2) is 22.2 Å². The van der Waals surface area contributed by atoms with Crippen LogP contribution in [-0.4, -0.2) is 6.54 Å². The molecule has 0 unspecified atom stereocenters. The van der Waals surface area contributed by atoms with Crippen molar-refractivity contribution < 1.29 is 0 Å². The number of nitrogen functional groups attached to an aromatic ring is 1. The van der Waals surface area contributed by atoms with E-state index < -0.39 is 10.9 Å². The van der Waals surface area contributed by atoms with Gasteiger partial charge in [-0.05, 0) is 0 Å². The maximum absolute atomic E-state index is 10.7. The molecule has 0 radical (unpaired) electrons. The zero-order chi connectivity index (χ0) is 8.43. The third-order valence-corrected chi connectivity index (χ3v) is 1.37. The number of hydrogen-bond acceptors (Lipinski definition) is 4. The predicted molar refractivity (Wildman–Crippen MR) is 44.5 cm³/mol. The first kappa shape index (κ1) is 7.53. The quantitative estimate of drug-likeness (QED) is 0.451. The van der Waals surface area contributed by atoms with Gasteiger partial charge in [0.25, 0.3) is 10.9 Å². The monoisotopic (exact) mass is 152 g/mol. The van der Waals surface area contributed by atoms with Gasteiger partial charge >= 0.3 is 0 Å². The van der Waals surface area contributed by atoms with Crippen molar-refractivity contribution in [1.29, 1.82) is 0 Å². The van der Waals surface area contributed by atoms with Gasteiger partial charge in [-0.2, -0.15) is 0 Å². The highest BCUT2D eigenvalue weighted by Crippen LogP contribution is 2.07. The van der Waals surface area contributed by atoms with Crippen molar-refractivity contribution in [2.45, 2.75) is 0 Å². The third-order valence-electron chi connectivity index (χ3n) is 1.37. The molecule has 0 bridgehead atoms. The molecule has 0 amide bonds. The van der Waals surface area contributed by atoms with Gasteiger partial charge in [-0.25, -0.2) is 0 Å². The molecule has 0 aliphatic carbocycles. The van der Waals surface area contributed by atoms with E-state index in [0.717, 1.165) is 0 Å². The second-order valence-corrected chi connectivity index (χ2v) is 2.12. The molecular formula is C7H8N2O2. The van der Waals surface area contributed by atoms with Gasteiger partial charge in [0, 0.05) is 6.54 Å². The Bertz CT molecular complexity index is 347. The number of anilines is 2. The molecule has 0 atom stereocenters. The molecule has 11 heavy (non-hydrogen) atoms. The Morgan fingerprint density at radius 1 is 1.45 bits per heavy atom. The number of nitrogens with two attached hydrogens (primary N) is 1. The van der Waals surface area contributed by atoms with Crippen LogP contribution in [0.5, 0.6) is 0 Å². The van der Waals surface area contributed by atoms with E-state index in [2.05, 4.69) is 11.9 Å². The van der Waals surface area contributed by atoms with Crippen LogP contribution in [0.25, 0.3) is 0 Å². The minimum Gasteiger partial charge on any atom is -0.394 e. The third kappa shape index (κ3) is 1.02. The smallest absolute Gasteiger partial charge is 0.253 e. The highest BCUT2D eigenvalue weighted by atomic mass is 16.2. The van der Waals surface area contributed by atoms with Gasteiger partial charge in [0.1, 0.15) is 11.4 Å². The zero-order valence-electron chi connectivity index (χ0n) is 5.89. The summed E-state index contributed by atoms with van der Waals surface area (Å²) in [4.78, 5) is 21.2. The largest absolute Gasteiger partial charge is 0.394 e. The van der Waals surface area contributed by atoms with Gasteiger partial charge in [-0.1, -0.05) is 6.08 Å². The summed E-state index contributed by atoms with van der Waals surface area (Å²) in [7, 11) is 0. The normalized spacial score (nSPS) is 9.82. The van der Waals surface area contributed by atoms with Gasteiger partial charge in [0.2, 0.25) is 0 Å². The molecule has 0 heterocycles. The standard InChI is InChI=1S/C7H8N2O2/c1-2-3-9-5-4(8)6(10)7(5)11/h2,9H,1,3,8H2. The van der Waals surface area contributed by atoms with E-state index >= 15 is 0 Å². The Labute approximate surface area is 63.0 Å². The molecule has 0 aliphatic heterocycles. The highest BCUT2D eigenvalue weighted by molar-refractivity contribution is 5.71. The van der Waals surface area contributed by atoms with Crippen molar-refractivity contribution in [1.82, 2.24) is 0 Å². The van der Waals surface area contributed by atoms with Crippen LogP contribution in [0, 0.1) is 0 Å². The molecular weight excluding hydrogens is 144 g/mol. The van der Waals surface area contributed by atoms with Crippen LogP contribution in [0.3, 0.4) is 0 Å². The lowest BCUT2D eigenvalue weighted by Gasteiger charge is -2.06. The second-order valence-electron chi connectivity index (χ2n) is 2.12. The molecule has 4 heteroatoms. The molecule has 0 saturated carbocycles. The van der Waals surface area contributed by atoms with Crippen LogP contribution in [0.2, 0.25) is 0 Å². The molecule has 1 aromatic rings. The minimum atomic E-state index is -0.600. The molecule has 0 aliphatic rings. The van der Waals surface area contributed by atoms with E-state index in [1.165, 1.54) is 0 Å². The van der Waals surface area contributed by atoms with Crippen molar-refractivity contribution in [3.05, 3.63) is 33.1 Å². The second kappa shape index (κ2) is 2.57. The van der Waals surface area contributed by atoms with Gasteiger partial charge in [0.05, 0.1) is 0 Å². The van der Waals surface area contributed by atoms with Crippen molar-refractivity contribution in [3.8, 4) is 0 Å². The summed E-state index contributed by atoms with van der Waals surface area (Å²) in [6, 6.07) is 0. The summed E-state index contributed by atoms with van der Waals surface area (Å²) >= 11 is 0. The maximum atomic E-state index is 10.7. The fraction of sp³-hybridized carbons (Fsp3) is 0.143. The van der Waals surface area contributed by atoms with E-state index in [0.29, 0.717) is 6.54 Å². The summed E-state index contributed by atoms with van der Waals surface area (Å²) < 4.78 is 0. The van der Waals surface area contributed by atoms with Gasteiger partial charge in [-0.15, -0.1) is 6.58 Å². The lowest BCUT2D eigenvalue weighted by Crippen LogP contribution is -2.37. The predicted octanol–water partition coefficient (Wildman–Crippen LogP) is -0.537. The molecule has 1 aromatic carbocycles. The van der Waals surface area contributed by atoms with Gasteiger partial charge in [-0.3, -0.25) is 9.59 Å². The molecule has 58 valence electrons. The van der Waals surface area contributed by atoms with Crippen molar-refractivity contribution in [2.24, 2.45) is 0 Å². The molecule has 4 nitrogen and oxygen atoms in total. The zero-order valence-corrected chi connectivity index (χ0v) is 5.89. The molecule has 0 spiro atoms. The summed E-state index contributed by atoms with van der Waals surface area (Å²) in [6.45, 7) is 3.88. The minimum absolute atomic E-state index is 0.0249. The first-order valence-electron chi connectivity index (χ1n) is 3.12. The van der Waals surface area contributed by atoms with E-state index in [1.807, 2.05) is 0 Å². The Balaban J connectivity index is 2.82. The summed E-state index contributed by atoms with van der Waals surface area (Å²) in [6.07, 6.45) is 1.58. The number of rotatable bonds is 3. The molecule has 3 N–H and O–H groups in total. The summed E-state index contributed by atoms with van der Waals surface area (Å²) in [5, 5.41) is 2.66. The fourth-order valence-electron chi connectivity index (χ4n) is 0.759. The van der Waals surface area contributed by atoms with Crippen LogP contribution < -0.4 is 21.9 Å². The SMILES string of the molecule is C=CCNc1c(N)c(=O)c1=O. The van der Waals surface area contributed by atoms with E-state index in [1.54, 1.807) is 6.08 Å². The van der Waals surface area contributed by atoms with Crippen LogP contribution in [0.1, 0.15) is 0 Å². The van der Waals surface area contributed by atoms with Crippen molar-refractivity contribution >= 4 is 11.4 Å². The number of nitrogens with one attached hydrogen (secondary N) is 1. The van der Waals surface area contributed by atoms with Crippen molar-refractivity contribution in [2.75, 3.05) is 17.6 Å². The topological polar surface area (TPSA) is 72.2 Å². The Morgan fingerprint density at radius 3 is 2.55 bits per heavy atom.